The molecule has 0 radical (unpaired) electrons. The molecule has 5 nitrogen and oxygen atoms in total. The molecule has 0 bridgehead atoms. The lowest BCUT2D eigenvalue weighted by molar-refractivity contribution is -0.141. The van der Waals surface area contributed by atoms with Gasteiger partial charge in [-0.25, -0.2) is 9.59 Å². The fourth-order valence-corrected chi connectivity index (χ4v) is 3.96. The zero-order valence-electron chi connectivity index (χ0n) is 14.6. The zero-order chi connectivity index (χ0) is 17.9. The third-order valence-corrected chi connectivity index (χ3v) is 5.23. The SMILES string of the molecule is Cc1ccc(CS[C@@H]2CCN(C(=O)OC(C)(C)C)[C@H]2C(=O)O)cc1. The summed E-state index contributed by atoms with van der Waals surface area (Å²) in [5.74, 6) is -0.239. The average molecular weight is 351 g/mol. The van der Waals surface area contributed by atoms with E-state index in [4.69, 9.17) is 4.74 Å². The maximum absolute atomic E-state index is 12.3. The Balaban J connectivity index is 2.01. The first kappa shape index (κ1) is 18.6. The quantitative estimate of drug-likeness (QED) is 0.896. The minimum absolute atomic E-state index is 0.128. The number of benzene rings is 1. The van der Waals surface area contributed by atoms with E-state index in [0.29, 0.717) is 13.0 Å². The summed E-state index contributed by atoms with van der Waals surface area (Å²) in [6.07, 6.45) is 0.112. The molecule has 1 aromatic rings. The molecule has 2 rings (SSSR count). The van der Waals surface area contributed by atoms with E-state index in [1.165, 1.54) is 10.5 Å². The molecule has 132 valence electrons. The van der Waals surface area contributed by atoms with Gasteiger partial charge < -0.3 is 9.84 Å². The predicted octanol–water partition coefficient (Wildman–Crippen LogP) is 3.69. The van der Waals surface area contributed by atoms with Crippen molar-refractivity contribution in [2.24, 2.45) is 0 Å². The number of amides is 1. The first-order valence-corrected chi connectivity index (χ1v) is 9.12. The van der Waals surface area contributed by atoms with Crippen molar-refractivity contribution >= 4 is 23.8 Å². The maximum Gasteiger partial charge on any atom is 0.411 e. The van der Waals surface area contributed by atoms with E-state index < -0.39 is 23.7 Å². The van der Waals surface area contributed by atoms with Crippen LogP contribution in [0.3, 0.4) is 0 Å². The second kappa shape index (κ2) is 7.47. The van der Waals surface area contributed by atoms with Gasteiger partial charge in [-0.2, -0.15) is 11.8 Å². The summed E-state index contributed by atoms with van der Waals surface area (Å²) in [5.41, 5.74) is 1.72. The molecule has 0 spiro atoms. The number of rotatable bonds is 4. The maximum atomic E-state index is 12.3. The van der Waals surface area contributed by atoms with Gasteiger partial charge in [-0.1, -0.05) is 29.8 Å². The third-order valence-electron chi connectivity index (χ3n) is 3.81. The van der Waals surface area contributed by atoms with E-state index in [9.17, 15) is 14.7 Å². The lowest BCUT2D eigenvalue weighted by Crippen LogP contribution is -2.46. The van der Waals surface area contributed by atoms with Crippen LogP contribution in [0.5, 0.6) is 0 Å². The number of carbonyl (C=O) groups is 2. The topological polar surface area (TPSA) is 66.8 Å². The predicted molar refractivity (Wildman–Crippen MR) is 95.2 cm³/mol. The van der Waals surface area contributed by atoms with Crippen LogP contribution >= 0.6 is 11.8 Å². The average Bonchev–Trinajstić information content (AvgIpc) is 2.89. The molecule has 24 heavy (non-hydrogen) atoms. The Bertz CT molecular complexity index is 594. The van der Waals surface area contributed by atoms with Crippen molar-refractivity contribution < 1.29 is 19.4 Å². The number of carboxylic acids is 1. The summed E-state index contributed by atoms with van der Waals surface area (Å²) in [6.45, 7) is 7.78. The van der Waals surface area contributed by atoms with Crippen LogP contribution in [-0.2, 0) is 15.3 Å². The summed E-state index contributed by atoms with van der Waals surface area (Å²) in [4.78, 5) is 25.3. The zero-order valence-corrected chi connectivity index (χ0v) is 15.4. The van der Waals surface area contributed by atoms with Gasteiger partial charge in [0.15, 0.2) is 0 Å². The van der Waals surface area contributed by atoms with Crippen LogP contribution in [0.4, 0.5) is 4.79 Å². The van der Waals surface area contributed by atoms with Gasteiger partial charge in [-0.05, 0) is 39.7 Å². The minimum atomic E-state index is -0.972. The molecule has 1 heterocycles. The first-order valence-electron chi connectivity index (χ1n) is 8.07. The van der Waals surface area contributed by atoms with E-state index in [0.717, 1.165) is 11.3 Å². The Morgan fingerprint density at radius 1 is 1.29 bits per heavy atom. The van der Waals surface area contributed by atoms with Crippen molar-refractivity contribution in [3.63, 3.8) is 0 Å². The van der Waals surface area contributed by atoms with Crippen molar-refractivity contribution in [3.05, 3.63) is 35.4 Å². The number of aliphatic carboxylic acids is 1. The normalized spacial score (nSPS) is 20.9. The molecule has 1 aliphatic rings. The second-order valence-corrected chi connectivity index (χ2v) is 8.31. The smallest absolute Gasteiger partial charge is 0.411 e. The number of hydrogen-bond acceptors (Lipinski definition) is 4. The van der Waals surface area contributed by atoms with Crippen molar-refractivity contribution in [2.45, 2.75) is 56.8 Å². The highest BCUT2D eigenvalue weighted by Gasteiger charge is 2.43. The van der Waals surface area contributed by atoms with Crippen LogP contribution in [-0.4, -0.2) is 45.5 Å². The number of aryl methyl sites for hydroxylation is 1. The van der Waals surface area contributed by atoms with Crippen LogP contribution in [0, 0.1) is 6.92 Å². The van der Waals surface area contributed by atoms with Crippen molar-refractivity contribution in [2.75, 3.05) is 6.54 Å². The molecule has 1 N–H and O–H groups in total. The number of thioether (sulfide) groups is 1. The van der Waals surface area contributed by atoms with E-state index in [1.54, 1.807) is 32.5 Å². The number of likely N-dealkylation sites (tertiary alicyclic amines) is 1. The van der Waals surface area contributed by atoms with Crippen LogP contribution in [0.1, 0.15) is 38.3 Å². The lowest BCUT2D eigenvalue weighted by atomic mass is 10.2. The Hall–Kier alpha value is -1.69. The molecule has 1 saturated heterocycles. The number of carbonyl (C=O) groups excluding carboxylic acids is 1. The van der Waals surface area contributed by atoms with Crippen LogP contribution in [0.25, 0.3) is 0 Å². The van der Waals surface area contributed by atoms with E-state index in [1.807, 2.05) is 19.1 Å². The molecular weight excluding hydrogens is 326 g/mol. The molecule has 1 amide bonds. The third kappa shape index (κ3) is 4.90. The van der Waals surface area contributed by atoms with Crippen LogP contribution in [0.15, 0.2) is 24.3 Å². The first-order chi connectivity index (χ1) is 11.2. The number of hydrogen-bond donors (Lipinski definition) is 1. The molecule has 0 aliphatic carbocycles. The van der Waals surface area contributed by atoms with Gasteiger partial charge in [0, 0.05) is 17.5 Å². The summed E-state index contributed by atoms with van der Waals surface area (Å²) in [5, 5.41) is 9.44. The highest BCUT2D eigenvalue weighted by Crippen LogP contribution is 2.32. The highest BCUT2D eigenvalue weighted by molar-refractivity contribution is 7.99. The van der Waals surface area contributed by atoms with Gasteiger partial charge in [0.1, 0.15) is 11.6 Å². The van der Waals surface area contributed by atoms with Gasteiger partial charge >= 0.3 is 12.1 Å². The summed E-state index contributed by atoms with van der Waals surface area (Å²) in [6, 6.07) is 7.37. The van der Waals surface area contributed by atoms with Gasteiger partial charge in [-0.15, -0.1) is 0 Å². The Kier molecular flexibility index (Phi) is 5.80. The second-order valence-electron chi connectivity index (χ2n) is 7.08. The highest BCUT2D eigenvalue weighted by atomic mass is 32.2. The van der Waals surface area contributed by atoms with Crippen LogP contribution < -0.4 is 0 Å². The number of carboxylic acid groups (broad SMARTS) is 1. The molecule has 0 saturated carbocycles. The Morgan fingerprint density at radius 3 is 2.46 bits per heavy atom. The number of nitrogens with zero attached hydrogens (tertiary/aromatic N) is 1. The number of ether oxygens (including phenoxy) is 1. The molecule has 1 aromatic carbocycles. The summed E-state index contributed by atoms with van der Waals surface area (Å²) >= 11 is 1.59. The standard InChI is InChI=1S/C18H25NO4S/c1-12-5-7-13(8-6-12)11-24-14-9-10-19(15(14)16(20)21)17(22)23-18(2,3)4/h5-8,14-15H,9-11H2,1-4H3,(H,20,21)/t14-,15-/m1/s1. The van der Waals surface area contributed by atoms with Gasteiger partial charge in [0.2, 0.25) is 0 Å². The molecule has 0 unspecified atom stereocenters. The fraction of sp³-hybridized carbons (Fsp3) is 0.556. The van der Waals surface area contributed by atoms with Crippen molar-refractivity contribution in [1.82, 2.24) is 4.90 Å². The minimum Gasteiger partial charge on any atom is -0.480 e. The van der Waals surface area contributed by atoms with E-state index in [2.05, 4.69) is 12.1 Å². The Morgan fingerprint density at radius 2 is 1.92 bits per heavy atom. The van der Waals surface area contributed by atoms with E-state index >= 15 is 0 Å². The van der Waals surface area contributed by atoms with Gasteiger partial charge in [0.05, 0.1) is 0 Å². The molecule has 1 fully saturated rings. The molecule has 2 atom stereocenters. The largest absolute Gasteiger partial charge is 0.480 e. The lowest BCUT2D eigenvalue weighted by Gasteiger charge is -2.28. The van der Waals surface area contributed by atoms with Gasteiger partial charge in [0.25, 0.3) is 0 Å². The summed E-state index contributed by atoms with van der Waals surface area (Å²) in [7, 11) is 0. The summed E-state index contributed by atoms with van der Waals surface area (Å²) < 4.78 is 5.34. The molecule has 6 heteroatoms. The van der Waals surface area contributed by atoms with Crippen molar-refractivity contribution in [1.29, 1.82) is 0 Å². The molecule has 0 aromatic heterocycles. The fourth-order valence-electron chi connectivity index (χ4n) is 2.64. The van der Waals surface area contributed by atoms with Crippen molar-refractivity contribution in [3.8, 4) is 0 Å². The Labute approximate surface area is 147 Å². The monoisotopic (exact) mass is 351 g/mol. The molecule has 1 aliphatic heterocycles. The van der Waals surface area contributed by atoms with Crippen LogP contribution in [0.2, 0.25) is 0 Å². The molecular formula is C18H25NO4S. The van der Waals surface area contributed by atoms with E-state index in [-0.39, 0.29) is 5.25 Å². The van der Waals surface area contributed by atoms with Gasteiger partial charge in [-0.3, -0.25) is 4.90 Å².